The summed E-state index contributed by atoms with van der Waals surface area (Å²) in [5, 5.41) is 2.82. The van der Waals surface area contributed by atoms with Crippen molar-refractivity contribution in [2.45, 2.75) is 18.4 Å². The van der Waals surface area contributed by atoms with Gasteiger partial charge in [0.25, 0.3) is 6.17 Å². The lowest BCUT2D eigenvalue weighted by molar-refractivity contribution is -0.275. The normalized spacial score (nSPS) is 15.3. The highest BCUT2D eigenvalue weighted by Crippen LogP contribution is 2.37. The van der Waals surface area contributed by atoms with E-state index in [1.807, 2.05) is 0 Å². The highest BCUT2D eigenvalue weighted by atomic mass is 19.4. The number of nitrogen functional groups attached to an aromatic ring is 1. The predicted molar refractivity (Wildman–Crippen MR) is 37.8 cm³/mol. The zero-order chi connectivity index (χ0) is 11.9. The van der Waals surface area contributed by atoms with E-state index in [0.717, 1.165) is 0 Å². The molecule has 3 nitrogen and oxygen atoms in total. The van der Waals surface area contributed by atoms with Crippen molar-refractivity contribution in [3.63, 3.8) is 0 Å². The van der Waals surface area contributed by atoms with Crippen molar-refractivity contribution in [3.8, 4) is 0 Å². The monoisotopic (exact) mass is 233 g/mol. The molecule has 0 aliphatic heterocycles. The van der Waals surface area contributed by atoms with E-state index in [1.54, 1.807) is 0 Å². The number of nitrogens with two attached hydrogens (primary N) is 1. The van der Waals surface area contributed by atoms with Gasteiger partial charge < -0.3 is 5.73 Å². The first-order valence-corrected chi connectivity index (χ1v) is 3.55. The van der Waals surface area contributed by atoms with Crippen molar-refractivity contribution in [1.29, 1.82) is 0 Å². The molecule has 15 heavy (non-hydrogen) atoms. The Morgan fingerprint density at radius 2 is 1.80 bits per heavy atom. The van der Waals surface area contributed by atoms with Crippen LogP contribution in [0.1, 0.15) is 0 Å². The van der Waals surface area contributed by atoms with Crippen molar-refractivity contribution < 1.29 is 26.3 Å². The molecule has 0 spiro atoms. The molecule has 2 N–H and O–H groups in total. The van der Waals surface area contributed by atoms with Crippen LogP contribution in [0.15, 0.2) is 12.4 Å². The standard InChI is InChI=1S/C6H5F6N3/c7-4(5(8,9)10)6(11,12)15-2-3(13)1-14-15/h1-2,4H,13H2. The van der Waals surface area contributed by atoms with Crippen molar-refractivity contribution in [2.75, 3.05) is 5.73 Å². The Balaban J connectivity index is 3.02. The minimum atomic E-state index is -5.66. The van der Waals surface area contributed by atoms with Crippen LogP contribution in [0.4, 0.5) is 32.0 Å². The summed E-state index contributed by atoms with van der Waals surface area (Å²) in [5.74, 6) is 0. The minimum Gasteiger partial charge on any atom is -0.396 e. The molecule has 0 aromatic carbocycles. The van der Waals surface area contributed by atoms with E-state index in [9.17, 15) is 26.3 Å². The van der Waals surface area contributed by atoms with Gasteiger partial charge in [0.1, 0.15) is 0 Å². The molecule has 0 amide bonds. The first-order chi connectivity index (χ1) is 6.65. The van der Waals surface area contributed by atoms with Crippen LogP contribution in [0, 0.1) is 0 Å². The number of hydrogen-bond acceptors (Lipinski definition) is 2. The molecule has 0 bridgehead atoms. The van der Waals surface area contributed by atoms with Gasteiger partial charge in [0, 0.05) is 0 Å². The summed E-state index contributed by atoms with van der Waals surface area (Å²) in [6, 6.07) is -4.81. The third kappa shape index (κ3) is 2.16. The van der Waals surface area contributed by atoms with Gasteiger partial charge in [-0.05, 0) is 0 Å². The number of rotatable bonds is 2. The van der Waals surface area contributed by atoms with Gasteiger partial charge in [0.15, 0.2) is 0 Å². The van der Waals surface area contributed by atoms with Crippen LogP contribution < -0.4 is 5.73 Å². The second-order valence-electron chi connectivity index (χ2n) is 2.71. The van der Waals surface area contributed by atoms with Gasteiger partial charge in [-0.2, -0.15) is 27.1 Å². The second kappa shape index (κ2) is 3.31. The van der Waals surface area contributed by atoms with E-state index >= 15 is 0 Å². The Bertz CT molecular complexity index is 343. The van der Waals surface area contributed by atoms with Gasteiger partial charge in [-0.15, -0.1) is 0 Å². The highest BCUT2D eigenvalue weighted by molar-refractivity contribution is 5.30. The lowest BCUT2D eigenvalue weighted by atomic mass is 10.3. The molecule has 0 saturated carbocycles. The zero-order valence-electron chi connectivity index (χ0n) is 6.97. The number of hydrogen-bond donors (Lipinski definition) is 1. The predicted octanol–water partition coefficient (Wildman–Crippen LogP) is 1.92. The summed E-state index contributed by atoms with van der Waals surface area (Å²) < 4.78 is 72.7. The SMILES string of the molecule is Nc1cnn(C(F)(F)C(F)C(F)(F)F)c1. The van der Waals surface area contributed by atoms with Crippen LogP contribution in [0.5, 0.6) is 0 Å². The maximum absolute atomic E-state index is 12.8. The average Bonchev–Trinajstić information content (AvgIpc) is 2.49. The van der Waals surface area contributed by atoms with Crippen molar-refractivity contribution >= 4 is 5.69 Å². The molecule has 0 saturated heterocycles. The van der Waals surface area contributed by atoms with Crippen LogP contribution >= 0.6 is 0 Å². The number of anilines is 1. The molecule has 86 valence electrons. The average molecular weight is 233 g/mol. The zero-order valence-corrected chi connectivity index (χ0v) is 6.97. The molecule has 1 aromatic heterocycles. The summed E-state index contributed by atoms with van der Waals surface area (Å²) >= 11 is 0. The molecular weight excluding hydrogens is 228 g/mol. The maximum Gasteiger partial charge on any atom is 0.427 e. The van der Waals surface area contributed by atoms with E-state index in [0.29, 0.717) is 12.4 Å². The molecule has 1 aromatic rings. The number of aromatic nitrogens is 2. The highest BCUT2D eigenvalue weighted by Gasteiger charge is 2.58. The largest absolute Gasteiger partial charge is 0.427 e. The first kappa shape index (κ1) is 11.7. The van der Waals surface area contributed by atoms with E-state index in [1.165, 1.54) is 0 Å². The van der Waals surface area contributed by atoms with Crippen LogP contribution in [0.25, 0.3) is 0 Å². The Labute approximate surface area is 79.5 Å². The summed E-state index contributed by atoms with van der Waals surface area (Å²) in [6.45, 7) is 0. The Morgan fingerprint density at radius 3 is 2.13 bits per heavy atom. The molecule has 1 unspecified atom stereocenters. The molecule has 1 rings (SSSR count). The van der Waals surface area contributed by atoms with Crippen LogP contribution in [-0.4, -0.2) is 22.1 Å². The lowest BCUT2D eigenvalue weighted by Gasteiger charge is -2.22. The van der Waals surface area contributed by atoms with Crippen LogP contribution in [0.3, 0.4) is 0 Å². The Hall–Kier alpha value is -1.41. The van der Waals surface area contributed by atoms with Gasteiger partial charge in [0.2, 0.25) is 0 Å². The second-order valence-corrected chi connectivity index (χ2v) is 2.71. The maximum atomic E-state index is 12.8. The quantitative estimate of drug-likeness (QED) is 0.793. The Kier molecular flexibility index (Phi) is 2.58. The Morgan fingerprint density at radius 1 is 1.27 bits per heavy atom. The third-order valence-corrected chi connectivity index (χ3v) is 1.50. The van der Waals surface area contributed by atoms with Gasteiger partial charge in [0.05, 0.1) is 18.1 Å². The molecule has 0 aliphatic carbocycles. The van der Waals surface area contributed by atoms with Gasteiger partial charge in [-0.1, -0.05) is 0 Å². The summed E-state index contributed by atoms with van der Waals surface area (Å²) in [5.41, 5.74) is 4.68. The fraction of sp³-hybridized carbons (Fsp3) is 0.500. The smallest absolute Gasteiger partial charge is 0.396 e. The molecule has 0 radical (unpaired) electrons. The molecule has 1 atom stereocenters. The van der Waals surface area contributed by atoms with E-state index in [-0.39, 0.29) is 5.69 Å². The van der Waals surface area contributed by atoms with E-state index < -0.39 is 23.1 Å². The van der Waals surface area contributed by atoms with Crippen molar-refractivity contribution in [3.05, 3.63) is 12.4 Å². The number of alkyl halides is 6. The van der Waals surface area contributed by atoms with Crippen molar-refractivity contribution in [1.82, 2.24) is 9.78 Å². The molecule has 1 heterocycles. The fourth-order valence-corrected chi connectivity index (χ4v) is 0.813. The fourth-order valence-electron chi connectivity index (χ4n) is 0.813. The summed E-state index contributed by atoms with van der Waals surface area (Å²) in [6.07, 6.45) is -8.89. The molecular formula is C6H5F6N3. The minimum absolute atomic E-state index is 0.288. The first-order valence-electron chi connectivity index (χ1n) is 3.55. The van der Waals surface area contributed by atoms with Crippen LogP contribution in [-0.2, 0) is 6.05 Å². The van der Waals surface area contributed by atoms with E-state index in [2.05, 4.69) is 5.10 Å². The van der Waals surface area contributed by atoms with Crippen LogP contribution in [0.2, 0.25) is 0 Å². The number of halogens is 6. The summed E-state index contributed by atoms with van der Waals surface area (Å²) in [4.78, 5) is 0. The molecule has 0 aliphatic rings. The topological polar surface area (TPSA) is 43.8 Å². The van der Waals surface area contributed by atoms with Gasteiger partial charge in [-0.25, -0.2) is 9.07 Å². The molecule has 0 fully saturated rings. The van der Waals surface area contributed by atoms with Gasteiger partial charge >= 0.3 is 12.2 Å². The summed E-state index contributed by atoms with van der Waals surface area (Å²) in [7, 11) is 0. The van der Waals surface area contributed by atoms with Gasteiger partial charge in [-0.3, -0.25) is 0 Å². The third-order valence-electron chi connectivity index (χ3n) is 1.50. The van der Waals surface area contributed by atoms with E-state index in [4.69, 9.17) is 5.73 Å². The molecule has 9 heteroatoms. The van der Waals surface area contributed by atoms with Crippen molar-refractivity contribution in [2.24, 2.45) is 0 Å². The number of nitrogens with zero attached hydrogens (tertiary/aromatic N) is 2. The lowest BCUT2D eigenvalue weighted by Crippen LogP contribution is -2.44.